The standard InChI is InChI=1S/C15H23N5O4/c1-15(2,3)24-14(21)19-9-7-18(8-10-19)11-5-6-17-13(16-4)12(11)20(22)23/h5-6H,7-10H2,1-4H3,(H,16,17). The van der Waals surface area contributed by atoms with Crippen molar-refractivity contribution in [2.45, 2.75) is 26.4 Å². The van der Waals surface area contributed by atoms with Gasteiger partial charge in [0.1, 0.15) is 11.3 Å². The monoisotopic (exact) mass is 337 g/mol. The molecule has 0 aliphatic carbocycles. The minimum absolute atomic E-state index is 0.0503. The van der Waals surface area contributed by atoms with Gasteiger partial charge >= 0.3 is 11.8 Å². The van der Waals surface area contributed by atoms with Gasteiger partial charge in [0.2, 0.25) is 5.82 Å². The van der Waals surface area contributed by atoms with Crippen LogP contribution in [0.2, 0.25) is 0 Å². The fourth-order valence-electron chi connectivity index (χ4n) is 2.52. The van der Waals surface area contributed by atoms with E-state index in [9.17, 15) is 14.9 Å². The van der Waals surface area contributed by atoms with Gasteiger partial charge < -0.3 is 19.9 Å². The Hall–Kier alpha value is -2.58. The van der Waals surface area contributed by atoms with Gasteiger partial charge in [-0.3, -0.25) is 10.1 Å². The Balaban J connectivity index is 2.10. The predicted octanol–water partition coefficient (Wildman–Crippen LogP) is 2.09. The van der Waals surface area contributed by atoms with Gasteiger partial charge in [-0.1, -0.05) is 0 Å². The Morgan fingerprint density at radius 3 is 2.46 bits per heavy atom. The van der Waals surface area contributed by atoms with Crippen LogP contribution in [0.3, 0.4) is 0 Å². The molecule has 1 amide bonds. The van der Waals surface area contributed by atoms with Crippen LogP contribution in [0, 0.1) is 10.1 Å². The number of carbonyl (C=O) groups excluding carboxylic acids is 1. The Morgan fingerprint density at radius 1 is 1.33 bits per heavy atom. The molecule has 0 aromatic carbocycles. The highest BCUT2D eigenvalue weighted by Gasteiger charge is 2.30. The number of nitrogens with zero attached hydrogens (tertiary/aromatic N) is 4. The fourth-order valence-corrected chi connectivity index (χ4v) is 2.52. The van der Waals surface area contributed by atoms with Crippen LogP contribution in [-0.2, 0) is 4.74 Å². The SMILES string of the molecule is CNc1nccc(N2CCN(C(=O)OC(C)(C)C)CC2)c1[N+](=O)[O-]. The number of hydrogen-bond acceptors (Lipinski definition) is 7. The molecule has 1 saturated heterocycles. The number of pyridine rings is 1. The van der Waals surface area contributed by atoms with Crippen molar-refractivity contribution in [1.82, 2.24) is 9.88 Å². The number of aromatic nitrogens is 1. The molecule has 9 heteroatoms. The Bertz CT molecular complexity index is 621. The van der Waals surface area contributed by atoms with Crippen molar-refractivity contribution < 1.29 is 14.5 Å². The molecule has 1 fully saturated rings. The van der Waals surface area contributed by atoms with Crippen molar-refractivity contribution in [3.05, 3.63) is 22.4 Å². The van der Waals surface area contributed by atoms with E-state index >= 15 is 0 Å². The van der Waals surface area contributed by atoms with Crippen LogP contribution < -0.4 is 10.2 Å². The summed E-state index contributed by atoms with van der Waals surface area (Å²) in [5.41, 5.74) is -0.0892. The van der Waals surface area contributed by atoms with E-state index in [4.69, 9.17) is 4.74 Å². The number of nitrogens with one attached hydrogen (secondary N) is 1. The van der Waals surface area contributed by atoms with E-state index in [-0.39, 0.29) is 17.6 Å². The summed E-state index contributed by atoms with van der Waals surface area (Å²) < 4.78 is 5.36. The lowest BCUT2D eigenvalue weighted by Crippen LogP contribution is -2.50. The van der Waals surface area contributed by atoms with Crippen LogP contribution in [0.25, 0.3) is 0 Å². The molecule has 1 N–H and O–H groups in total. The zero-order valence-electron chi connectivity index (χ0n) is 14.4. The van der Waals surface area contributed by atoms with Crippen molar-refractivity contribution in [3.63, 3.8) is 0 Å². The topological polar surface area (TPSA) is 101 Å². The Labute approximate surface area is 140 Å². The first kappa shape index (κ1) is 17.8. The normalized spacial score (nSPS) is 15.2. The van der Waals surface area contributed by atoms with E-state index in [1.165, 1.54) is 6.20 Å². The highest BCUT2D eigenvalue weighted by atomic mass is 16.6. The van der Waals surface area contributed by atoms with Gasteiger partial charge in [-0.05, 0) is 26.8 Å². The highest BCUT2D eigenvalue weighted by Crippen LogP contribution is 2.34. The van der Waals surface area contributed by atoms with Crippen molar-refractivity contribution >= 4 is 23.3 Å². The number of nitro groups is 1. The number of piperazine rings is 1. The molecule has 2 heterocycles. The van der Waals surface area contributed by atoms with E-state index in [0.29, 0.717) is 31.9 Å². The number of anilines is 2. The molecular formula is C15H23N5O4. The molecule has 0 radical (unpaired) electrons. The van der Waals surface area contributed by atoms with E-state index in [2.05, 4.69) is 10.3 Å². The number of carbonyl (C=O) groups is 1. The third-order valence-electron chi connectivity index (χ3n) is 3.59. The minimum atomic E-state index is -0.542. The van der Waals surface area contributed by atoms with E-state index in [0.717, 1.165) is 0 Å². The third kappa shape index (κ3) is 4.03. The van der Waals surface area contributed by atoms with Gasteiger partial charge in [0, 0.05) is 39.4 Å². The first-order valence-corrected chi connectivity index (χ1v) is 7.77. The predicted molar refractivity (Wildman–Crippen MR) is 90.5 cm³/mol. The lowest BCUT2D eigenvalue weighted by Gasteiger charge is -2.36. The summed E-state index contributed by atoms with van der Waals surface area (Å²) in [5.74, 6) is 0.229. The van der Waals surface area contributed by atoms with E-state index < -0.39 is 10.5 Å². The minimum Gasteiger partial charge on any atom is -0.444 e. The first-order valence-electron chi connectivity index (χ1n) is 7.77. The first-order chi connectivity index (χ1) is 11.2. The van der Waals surface area contributed by atoms with Crippen LogP contribution in [0.1, 0.15) is 20.8 Å². The second kappa shape index (κ2) is 6.90. The molecule has 1 aliphatic rings. The van der Waals surface area contributed by atoms with Crippen molar-refractivity contribution in [2.24, 2.45) is 0 Å². The lowest BCUT2D eigenvalue weighted by molar-refractivity contribution is -0.383. The lowest BCUT2D eigenvalue weighted by atomic mass is 10.2. The molecule has 9 nitrogen and oxygen atoms in total. The second-order valence-electron chi connectivity index (χ2n) is 6.49. The molecule has 132 valence electrons. The largest absolute Gasteiger partial charge is 0.444 e. The molecule has 0 unspecified atom stereocenters. The van der Waals surface area contributed by atoms with Crippen LogP contribution in [0.5, 0.6) is 0 Å². The molecule has 1 aliphatic heterocycles. The maximum atomic E-state index is 12.1. The molecule has 0 bridgehead atoms. The van der Waals surface area contributed by atoms with E-state index in [1.54, 1.807) is 18.0 Å². The molecule has 24 heavy (non-hydrogen) atoms. The third-order valence-corrected chi connectivity index (χ3v) is 3.59. The van der Waals surface area contributed by atoms with Crippen LogP contribution in [0.4, 0.5) is 22.0 Å². The zero-order valence-corrected chi connectivity index (χ0v) is 14.4. The molecule has 2 rings (SSSR count). The summed E-state index contributed by atoms with van der Waals surface area (Å²) in [7, 11) is 1.60. The van der Waals surface area contributed by atoms with Gasteiger partial charge in [-0.15, -0.1) is 0 Å². The summed E-state index contributed by atoms with van der Waals surface area (Å²) in [5, 5.41) is 14.1. The smallest absolute Gasteiger partial charge is 0.410 e. The second-order valence-corrected chi connectivity index (χ2v) is 6.49. The summed E-state index contributed by atoms with van der Waals surface area (Å²) in [6.45, 7) is 7.34. The number of ether oxygens (including phenoxy) is 1. The van der Waals surface area contributed by atoms with E-state index in [1.807, 2.05) is 25.7 Å². The van der Waals surface area contributed by atoms with Crippen LogP contribution in [0.15, 0.2) is 12.3 Å². The van der Waals surface area contributed by atoms with Crippen LogP contribution in [-0.4, -0.2) is 59.7 Å². The number of rotatable bonds is 3. The van der Waals surface area contributed by atoms with Crippen molar-refractivity contribution in [1.29, 1.82) is 0 Å². The summed E-state index contributed by atoms with van der Waals surface area (Å²) in [6.07, 6.45) is 1.18. The average Bonchev–Trinajstić information content (AvgIpc) is 2.52. The molecule has 0 atom stereocenters. The Morgan fingerprint density at radius 2 is 1.96 bits per heavy atom. The van der Waals surface area contributed by atoms with Gasteiger partial charge in [-0.2, -0.15) is 0 Å². The molecule has 0 saturated carbocycles. The fraction of sp³-hybridized carbons (Fsp3) is 0.600. The average molecular weight is 337 g/mol. The maximum Gasteiger partial charge on any atom is 0.410 e. The maximum absolute atomic E-state index is 12.1. The zero-order chi connectivity index (χ0) is 17.9. The van der Waals surface area contributed by atoms with Crippen molar-refractivity contribution in [2.75, 3.05) is 43.4 Å². The summed E-state index contributed by atoms with van der Waals surface area (Å²) in [4.78, 5) is 30.5. The quantitative estimate of drug-likeness (QED) is 0.665. The molecule has 1 aromatic heterocycles. The van der Waals surface area contributed by atoms with Gasteiger partial charge in [0.05, 0.1) is 4.92 Å². The molecule has 0 spiro atoms. The van der Waals surface area contributed by atoms with Crippen LogP contribution >= 0.6 is 0 Å². The molecule has 1 aromatic rings. The van der Waals surface area contributed by atoms with Gasteiger partial charge in [0.25, 0.3) is 0 Å². The number of hydrogen-bond donors (Lipinski definition) is 1. The Kier molecular flexibility index (Phi) is 5.10. The molecular weight excluding hydrogens is 314 g/mol. The van der Waals surface area contributed by atoms with Crippen molar-refractivity contribution in [3.8, 4) is 0 Å². The van der Waals surface area contributed by atoms with Gasteiger partial charge in [0.15, 0.2) is 0 Å². The van der Waals surface area contributed by atoms with Gasteiger partial charge in [-0.25, -0.2) is 9.78 Å². The summed E-state index contributed by atoms with van der Waals surface area (Å²) >= 11 is 0. The summed E-state index contributed by atoms with van der Waals surface area (Å²) in [6, 6.07) is 1.63. The number of amides is 1. The highest BCUT2D eigenvalue weighted by molar-refractivity contribution is 5.74.